The van der Waals surface area contributed by atoms with Crippen LogP contribution >= 0.6 is 0 Å². The molecular formula is C10H10FN3O5. The summed E-state index contributed by atoms with van der Waals surface area (Å²) in [6, 6.07) is 1.15. The van der Waals surface area contributed by atoms with E-state index in [2.05, 4.69) is 5.32 Å². The quantitative estimate of drug-likeness (QED) is 0.526. The summed E-state index contributed by atoms with van der Waals surface area (Å²) >= 11 is 0. The Morgan fingerprint density at radius 3 is 2.63 bits per heavy atom. The number of carbonyl (C=O) groups excluding carboxylic acids is 1. The van der Waals surface area contributed by atoms with Crippen LogP contribution in [0.15, 0.2) is 18.2 Å². The highest BCUT2D eigenvalue weighted by Gasteiger charge is 2.18. The summed E-state index contributed by atoms with van der Waals surface area (Å²) in [5.74, 6) is -3.05. The Morgan fingerprint density at radius 1 is 1.47 bits per heavy atom. The van der Waals surface area contributed by atoms with Crippen molar-refractivity contribution in [3.63, 3.8) is 0 Å². The van der Waals surface area contributed by atoms with E-state index >= 15 is 0 Å². The fraction of sp³-hybridized carbons (Fsp3) is 0.200. The van der Waals surface area contributed by atoms with Crippen molar-refractivity contribution in [2.24, 2.45) is 5.73 Å². The molecule has 19 heavy (non-hydrogen) atoms. The van der Waals surface area contributed by atoms with Crippen molar-refractivity contribution in [3.8, 4) is 0 Å². The minimum atomic E-state index is -1.33. The molecule has 0 aliphatic heterocycles. The van der Waals surface area contributed by atoms with Crippen LogP contribution in [0.3, 0.4) is 0 Å². The summed E-state index contributed by atoms with van der Waals surface area (Å²) in [4.78, 5) is 31.5. The number of non-ortho nitro benzene ring substituents is 1. The summed E-state index contributed by atoms with van der Waals surface area (Å²) < 4.78 is 13.1. The first-order chi connectivity index (χ1) is 8.79. The van der Waals surface area contributed by atoms with Crippen LogP contribution in [-0.4, -0.2) is 27.9 Å². The number of aliphatic carboxylic acids is 1. The molecule has 1 rings (SSSR count). The third kappa shape index (κ3) is 4.32. The van der Waals surface area contributed by atoms with Crippen LogP contribution in [-0.2, 0) is 9.59 Å². The summed E-state index contributed by atoms with van der Waals surface area (Å²) in [5, 5.41) is 21.1. The highest BCUT2D eigenvalue weighted by atomic mass is 19.1. The van der Waals surface area contributed by atoms with Crippen molar-refractivity contribution in [1.29, 1.82) is 0 Å². The van der Waals surface area contributed by atoms with Crippen LogP contribution in [0.2, 0.25) is 0 Å². The number of amides is 1. The Balaban J connectivity index is 2.84. The normalized spacial score (nSPS) is 11.7. The average molecular weight is 271 g/mol. The van der Waals surface area contributed by atoms with E-state index in [1.165, 1.54) is 0 Å². The molecule has 0 saturated heterocycles. The minimum Gasteiger partial charge on any atom is -0.481 e. The predicted octanol–water partition coefficient (Wildman–Crippen LogP) is 0.474. The van der Waals surface area contributed by atoms with Crippen molar-refractivity contribution in [2.75, 3.05) is 5.32 Å². The number of carboxylic acids is 1. The second kappa shape index (κ2) is 5.87. The molecule has 0 heterocycles. The molecule has 8 nitrogen and oxygen atoms in total. The van der Waals surface area contributed by atoms with Gasteiger partial charge in [0, 0.05) is 6.07 Å². The maximum Gasteiger partial charge on any atom is 0.305 e. The van der Waals surface area contributed by atoms with Gasteiger partial charge in [-0.25, -0.2) is 4.39 Å². The van der Waals surface area contributed by atoms with Gasteiger partial charge in [-0.15, -0.1) is 0 Å². The lowest BCUT2D eigenvalue weighted by Crippen LogP contribution is -2.37. The molecule has 1 aromatic rings. The van der Waals surface area contributed by atoms with Gasteiger partial charge in [-0.3, -0.25) is 19.7 Å². The molecule has 0 aromatic heterocycles. The number of nitrogens with two attached hydrogens (primary N) is 1. The summed E-state index contributed by atoms with van der Waals surface area (Å²) in [7, 11) is 0. The van der Waals surface area contributed by atoms with E-state index in [0.717, 1.165) is 12.1 Å². The zero-order valence-electron chi connectivity index (χ0n) is 9.50. The monoisotopic (exact) mass is 271 g/mol. The number of anilines is 1. The van der Waals surface area contributed by atoms with Crippen LogP contribution < -0.4 is 11.1 Å². The zero-order valence-corrected chi connectivity index (χ0v) is 9.50. The second-order valence-electron chi connectivity index (χ2n) is 3.65. The van der Waals surface area contributed by atoms with E-state index in [9.17, 15) is 24.1 Å². The number of halogens is 1. The Morgan fingerprint density at radius 2 is 2.11 bits per heavy atom. The van der Waals surface area contributed by atoms with Gasteiger partial charge >= 0.3 is 5.97 Å². The van der Waals surface area contributed by atoms with E-state index in [-0.39, 0.29) is 5.69 Å². The fourth-order valence-electron chi connectivity index (χ4n) is 1.27. The third-order valence-corrected chi connectivity index (χ3v) is 2.09. The molecule has 0 spiro atoms. The second-order valence-corrected chi connectivity index (χ2v) is 3.65. The summed E-state index contributed by atoms with van der Waals surface area (Å²) in [6.45, 7) is 0. The van der Waals surface area contributed by atoms with Gasteiger partial charge in [0.05, 0.1) is 29.1 Å². The number of nitrogens with one attached hydrogen (secondary N) is 1. The molecule has 0 saturated carbocycles. The molecule has 0 bridgehead atoms. The van der Waals surface area contributed by atoms with Crippen LogP contribution in [0.25, 0.3) is 0 Å². The summed E-state index contributed by atoms with van der Waals surface area (Å²) in [6.07, 6.45) is -0.608. The molecule has 4 N–H and O–H groups in total. The Bertz CT molecular complexity index is 534. The van der Waals surface area contributed by atoms with E-state index in [4.69, 9.17) is 10.8 Å². The van der Waals surface area contributed by atoms with Gasteiger partial charge < -0.3 is 16.2 Å². The van der Waals surface area contributed by atoms with Crippen LogP contribution in [0.4, 0.5) is 15.8 Å². The first-order valence-electron chi connectivity index (χ1n) is 5.03. The van der Waals surface area contributed by atoms with Gasteiger partial charge in [0.15, 0.2) is 0 Å². The highest BCUT2D eigenvalue weighted by Crippen LogP contribution is 2.20. The topological polar surface area (TPSA) is 136 Å². The number of rotatable bonds is 5. The van der Waals surface area contributed by atoms with Gasteiger partial charge in [-0.1, -0.05) is 0 Å². The maximum absolute atomic E-state index is 13.1. The molecule has 0 aliphatic carbocycles. The molecule has 0 radical (unpaired) electrons. The molecule has 0 fully saturated rings. The number of hydrogen-bond acceptors (Lipinski definition) is 5. The number of nitro benzene ring substituents is 1. The Kier molecular flexibility index (Phi) is 4.48. The van der Waals surface area contributed by atoms with E-state index < -0.39 is 40.8 Å². The number of carbonyl (C=O) groups is 2. The maximum atomic E-state index is 13.1. The SMILES string of the molecule is NC(CC(=O)O)C(=O)Nc1cc(F)cc([N+](=O)[O-])c1. The van der Waals surface area contributed by atoms with Gasteiger partial charge in [0.1, 0.15) is 5.82 Å². The van der Waals surface area contributed by atoms with Crippen molar-refractivity contribution in [3.05, 3.63) is 34.1 Å². The smallest absolute Gasteiger partial charge is 0.305 e. The minimum absolute atomic E-state index is 0.169. The zero-order chi connectivity index (χ0) is 14.6. The van der Waals surface area contributed by atoms with Gasteiger partial charge in [-0.05, 0) is 6.07 Å². The predicted molar refractivity (Wildman–Crippen MR) is 61.9 cm³/mol. The standard InChI is InChI=1S/C10H10FN3O5/c11-5-1-6(3-7(2-5)14(18)19)13-10(17)8(12)4-9(15)16/h1-3,8H,4,12H2,(H,13,17)(H,15,16). The Hall–Kier alpha value is -2.55. The number of nitro groups is 1. The number of nitrogens with zero attached hydrogens (tertiary/aromatic N) is 1. The lowest BCUT2D eigenvalue weighted by atomic mass is 10.2. The van der Waals surface area contributed by atoms with Crippen molar-refractivity contribution in [2.45, 2.75) is 12.5 Å². The summed E-state index contributed by atoms with van der Waals surface area (Å²) in [5.41, 5.74) is 4.57. The molecule has 1 unspecified atom stereocenters. The molecule has 102 valence electrons. The van der Waals surface area contributed by atoms with E-state index in [1.807, 2.05) is 0 Å². The highest BCUT2D eigenvalue weighted by molar-refractivity contribution is 5.96. The number of benzene rings is 1. The van der Waals surface area contributed by atoms with Gasteiger partial charge in [0.2, 0.25) is 5.91 Å². The van der Waals surface area contributed by atoms with Gasteiger partial charge in [0.25, 0.3) is 5.69 Å². The molecule has 1 amide bonds. The third-order valence-electron chi connectivity index (χ3n) is 2.09. The molecule has 0 aliphatic rings. The lowest BCUT2D eigenvalue weighted by Gasteiger charge is -2.10. The first kappa shape index (κ1) is 14.5. The van der Waals surface area contributed by atoms with Crippen LogP contribution in [0.5, 0.6) is 0 Å². The first-order valence-corrected chi connectivity index (χ1v) is 5.03. The van der Waals surface area contributed by atoms with E-state index in [0.29, 0.717) is 6.07 Å². The number of hydrogen-bond donors (Lipinski definition) is 3. The molecule has 1 aromatic carbocycles. The van der Waals surface area contributed by atoms with Crippen LogP contribution in [0, 0.1) is 15.9 Å². The van der Waals surface area contributed by atoms with Crippen molar-refractivity contribution < 1.29 is 24.0 Å². The molecular weight excluding hydrogens is 261 g/mol. The van der Waals surface area contributed by atoms with Crippen molar-refractivity contribution in [1.82, 2.24) is 0 Å². The van der Waals surface area contributed by atoms with Gasteiger partial charge in [-0.2, -0.15) is 0 Å². The molecule has 1 atom stereocenters. The van der Waals surface area contributed by atoms with E-state index in [1.54, 1.807) is 0 Å². The Labute approximate surface area is 106 Å². The fourth-order valence-corrected chi connectivity index (χ4v) is 1.27. The molecule has 9 heteroatoms. The number of carboxylic acid groups (broad SMARTS) is 1. The van der Waals surface area contributed by atoms with Crippen molar-refractivity contribution >= 4 is 23.3 Å². The van der Waals surface area contributed by atoms with Crippen LogP contribution in [0.1, 0.15) is 6.42 Å². The lowest BCUT2D eigenvalue weighted by molar-refractivity contribution is -0.385. The average Bonchev–Trinajstić information content (AvgIpc) is 2.26. The largest absolute Gasteiger partial charge is 0.481 e.